The Labute approximate surface area is 70.4 Å². The van der Waals surface area contributed by atoms with E-state index in [0.717, 1.165) is 19.0 Å². The van der Waals surface area contributed by atoms with Crippen molar-refractivity contribution in [2.45, 2.75) is 0 Å². The first kappa shape index (κ1) is 8.71. The molecule has 0 spiro atoms. The molecule has 1 aliphatic heterocycles. The van der Waals surface area contributed by atoms with E-state index in [0.29, 0.717) is 6.61 Å². The highest BCUT2D eigenvalue weighted by Gasteiger charge is 2.07. The standard InChI is InChI=1S/C6H13NOS2/c8-3-1-7-2-4-9-6-10-5-7/h8H,1-6H2. The Hall–Kier alpha value is 0.620. The molecule has 0 amide bonds. The van der Waals surface area contributed by atoms with Gasteiger partial charge in [-0.2, -0.15) is 0 Å². The number of thioether (sulfide) groups is 2. The second kappa shape index (κ2) is 5.29. The average Bonchev–Trinajstić information content (AvgIpc) is 2.17. The topological polar surface area (TPSA) is 23.5 Å². The first-order chi connectivity index (χ1) is 4.93. The van der Waals surface area contributed by atoms with Crippen LogP contribution in [0.3, 0.4) is 0 Å². The van der Waals surface area contributed by atoms with E-state index in [-0.39, 0.29) is 0 Å². The predicted octanol–water partition coefficient (Wildman–Crippen LogP) is 0.676. The number of rotatable bonds is 2. The minimum absolute atomic E-state index is 0.297. The normalized spacial score (nSPS) is 22.5. The molecule has 2 nitrogen and oxygen atoms in total. The van der Waals surface area contributed by atoms with Crippen molar-refractivity contribution in [3.63, 3.8) is 0 Å². The summed E-state index contributed by atoms with van der Waals surface area (Å²) in [5, 5.41) is 9.86. The summed E-state index contributed by atoms with van der Waals surface area (Å²) in [5.74, 6) is 2.31. The Kier molecular flexibility index (Phi) is 4.61. The van der Waals surface area contributed by atoms with E-state index in [4.69, 9.17) is 5.11 Å². The van der Waals surface area contributed by atoms with Gasteiger partial charge in [-0.05, 0) is 0 Å². The van der Waals surface area contributed by atoms with Crippen LogP contribution >= 0.6 is 23.5 Å². The number of hydrogen-bond donors (Lipinski definition) is 1. The van der Waals surface area contributed by atoms with Gasteiger partial charge in [-0.3, -0.25) is 4.90 Å². The summed E-state index contributed by atoms with van der Waals surface area (Å²) in [5.41, 5.74) is 0. The number of hydrogen-bond acceptors (Lipinski definition) is 4. The highest BCUT2D eigenvalue weighted by Crippen LogP contribution is 2.17. The molecule has 1 heterocycles. The average molecular weight is 179 g/mol. The zero-order chi connectivity index (χ0) is 7.23. The summed E-state index contributed by atoms with van der Waals surface area (Å²) in [4.78, 5) is 2.30. The highest BCUT2D eigenvalue weighted by molar-refractivity contribution is 8.16. The molecule has 0 aromatic carbocycles. The first-order valence-corrected chi connectivity index (χ1v) is 5.73. The van der Waals surface area contributed by atoms with Gasteiger partial charge in [0.05, 0.1) is 6.61 Å². The van der Waals surface area contributed by atoms with E-state index < -0.39 is 0 Å². The van der Waals surface area contributed by atoms with Crippen LogP contribution in [0.2, 0.25) is 0 Å². The fraction of sp³-hybridized carbons (Fsp3) is 1.00. The lowest BCUT2D eigenvalue weighted by atomic mass is 10.5. The maximum atomic E-state index is 8.65. The van der Waals surface area contributed by atoms with Crippen LogP contribution in [0.5, 0.6) is 0 Å². The molecule has 0 aromatic heterocycles. The minimum atomic E-state index is 0.297. The van der Waals surface area contributed by atoms with Gasteiger partial charge in [0.25, 0.3) is 0 Å². The highest BCUT2D eigenvalue weighted by atomic mass is 32.2. The Balaban J connectivity index is 2.15. The zero-order valence-electron chi connectivity index (χ0n) is 5.95. The number of β-amino-alcohol motifs (C(OH)–C–C–N with tert-alkyl or cyclic N) is 1. The molecule has 0 aromatic rings. The van der Waals surface area contributed by atoms with Gasteiger partial charge >= 0.3 is 0 Å². The minimum Gasteiger partial charge on any atom is -0.395 e. The van der Waals surface area contributed by atoms with Crippen LogP contribution in [0.15, 0.2) is 0 Å². The van der Waals surface area contributed by atoms with Crippen LogP contribution in [0.4, 0.5) is 0 Å². The van der Waals surface area contributed by atoms with Crippen molar-refractivity contribution in [2.75, 3.05) is 36.4 Å². The Bertz CT molecular complexity index is 83.8. The van der Waals surface area contributed by atoms with E-state index >= 15 is 0 Å². The fourth-order valence-corrected chi connectivity index (χ4v) is 3.00. The molecule has 1 rings (SSSR count). The number of aliphatic hydroxyl groups excluding tert-OH is 1. The van der Waals surface area contributed by atoms with Gasteiger partial charge in [0.1, 0.15) is 0 Å². The lowest BCUT2D eigenvalue weighted by Gasteiger charge is -2.16. The zero-order valence-corrected chi connectivity index (χ0v) is 7.59. The van der Waals surface area contributed by atoms with Crippen LogP contribution in [-0.4, -0.2) is 46.4 Å². The molecule has 1 fully saturated rings. The summed E-state index contributed by atoms with van der Waals surface area (Å²) in [7, 11) is 0. The monoisotopic (exact) mass is 179 g/mol. The van der Waals surface area contributed by atoms with Crippen molar-refractivity contribution < 1.29 is 5.11 Å². The molecule has 0 bridgehead atoms. The Morgan fingerprint density at radius 2 is 2.30 bits per heavy atom. The smallest absolute Gasteiger partial charge is 0.0558 e. The maximum absolute atomic E-state index is 8.65. The second-order valence-corrected chi connectivity index (χ2v) is 4.63. The van der Waals surface area contributed by atoms with Crippen molar-refractivity contribution in [1.82, 2.24) is 4.90 Å². The van der Waals surface area contributed by atoms with Crippen molar-refractivity contribution in [3.8, 4) is 0 Å². The predicted molar refractivity (Wildman–Crippen MR) is 48.4 cm³/mol. The van der Waals surface area contributed by atoms with Gasteiger partial charge in [0.2, 0.25) is 0 Å². The van der Waals surface area contributed by atoms with Crippen LogP contribution in [0.25, 0.3) is 0 Å². The van der Waals surface area contributed by atoms with Crippen LogP contribution in [-0.2, 0) is 0 Å². The molecule has 1 aliphatic rings. The van der Waals surface area contributed by atoms with Crippen LogP contribution < -0.4 is 0 Å². The third kappa shape index (κ3) is 3.14. The molecule has 1 N–H and O–H groups in total. The molecule has 0 saturated carbocycles. The van der Waals surface area contributed by atoms with Gasteiger partial charge < -0.3 is 5.11 Å². The van der Waals surface area contributed by atoms with E-state index in [1.54, 1.807) is 0 Å². The quantitative estimate of drug-likeness (QED) is 0.673. The fourth-order valence-electron chi connectivity index (χ4n) is 0.860. The molecule has 4 heteroatoms. The molecule has 0 radical (unpaired) electrons. The van der Waals surface area contributed by atoms with E-state index in [2.05, 4.69) is 4.90 Å². The number of aliphatic hydroxyl groups is 1. The van der Waals surface area contributed by atoms with Crippen LogP contribution in [0, 0.1) is 0 Å². The van der Waals surface area contributed by atoms with Gasteiger partial charge in [0.15, 0.2) is 0 Å². The molecule has 60 valence electrons. The molecule has 0 atom stereocenters. The lowest BCUT2D eigenvalue weighted by Crippen LogP contribution is -2.27. The summed E-state index contributed by atoms with van der Waals surface area (Å²) in [6.45, 7) is 2.27. The molecular formula is C6H13NOS2. The molecule has 0 unspecified atom stereocenters. The summed E-state index contributed by atoms with van der Waals surface area (Å²) < 4.78 is 0. The summed E-state index contributed by atoms with van der Waals surface area (Å²) in [6.07, 6.45) is 0. The van der Waals surface area contributed by atoms with E-state index in [9.17, 15) is 0 Å². The van der Waals surface area contributed by atoms with Gasteiger partial charge in [-0.25, -0.2) is 0 Å². The third-order valence-corrected chi connectivity index (χ3v) is 3.76. The van der Waals surface area contributed by atoms with E-state index in [1.165, 1.54) is 10.8 Å². The second-order valence-electron chi connectivity index (χ2n) is 2.20. The number of nitrogens with zero attached hydrogens (tertiary/aromatic N) is 1. The molecule has 0 aliphatic carbocycles. The maximum Gasteiger partial charge on any atom is 0.0558 e. The molecular weight excluding hydrogens is 166 g/mol. The van der Waals surface area contributed by atoms with Gasteiger partial charge in [-0.15, -0.1) is 23.5 Å². The Morgan fingerprint density at radius 1 is 1.40 bits per heavy atom. The van der Waals surface area contributed by atoms with Crippen molar-refractivity contribution in [3.05, 3.63) is 0 Å². The first-order valence-electron chi connectivity index (χ1n) is 3.42. The van der Waals surface area contributed by atoms with E-state index in [1.807, 2.05) is 23.5 Å². The van der Waals surface area contributed by atoms with Crippen molar-refractivity contribution >= 4 is 23.5 Å². The largest absolute Gasteiger partial charge is 0.395 e. The summed E-state index contributed by atoms with van der Waals surface area (Å²) >= 11 is 3.93. The van der Waals surface area contributed by atoms with Gasteiger partial charge in [-0.1, -0.05) is 0 Å². The lowest BCUT2D eigenvalue weighted by molar-refractivity contribution is 0.223. The summed E-state index contributed by atoms with van der Waals surface area (Å²) in [6, 6.07) is 0. The van der Waals surface area contributed by atoms with Crippen LogP contribution in [0.1, 0.15) is 0 Å². The van der Waals surface area contributed by atoms with Gasteiger partial charge in [0, 0.05) is 29.8 Å². The molecule has 10 heavy (non-hydrogen) atoms. The Morgan fingerprint density at radius 3 is 3.10 bits per heavy atom. The SMILES string of the molecule is OCCN1CCSCSC1. The molecule has 1 saturated heterocycles. The third-order valence-electron chi connectivity index (χ3n) is 1.41. The van der Waals surface area contributed by atoms with Crippen molar-refractivity contribution in [1.29, 1.82) is 0 Å². The van der Waals surface area contributed by atoms with Crippen molar-refractivity contribution in [2.24, 2.45) is 0 Å².